The Balaban J connectivity index is 1.26. The molecule has 3 aromatic carbocycles. The van der Waals surface area contributed by atoms with Crippen molar-refractivity contribution in [1.29, 1.82) is 0 Å². The highest BCUT2D eigenvalue weighted by atomic mass is 35.5. The number of aromatic nitrogens is 1. The Morgan fingerprint density at radius 2 is 1.51 bits per heavy atom. The molecule has 0 N–H and O–H groups in total. The van der Waals surface area contributed by atoms with Crippen molar-refractivity contribution in [1.82, 2.24) is 14.2 Å². The Kier molecular flexibility index (Phi) is 6.32. The van der Waals surface area contributed by atoms with Crippen LogP contribution in [0.5, 0.6) is 0 Å². The summed E-state index contributed by atoms with van der Waals surface area (Å²) in [6.07, 6.45) is 1.77. The van der Waals surface area contributed by atoms with Crippen LogP contribution >= 0.6 is 11.6 Å². The standard InChI is InChI=1S/C27H24ClN3O3S/c1-19-16-24(10-11-29-19)20-2-4-21(5-3-20)27(32)30-12-14-31(15-13-30)35(33,34)26-9-7-22-17-25(28)8-6-23(22)18-26/h2-11,16-18H,12-15H2,1H3. The van der Waals surface area contributed by atoms with Gasteiger partial charge in [0, 0.05) is 48.7 Å². The number of piperazine rings is 1. The highest BCUT2D eigenvalue weighted by molar-refractivity contribution is 7.89. The van der Waals surface area contributed by atoms with E-state index >= 15 is 0 Å². The number of fused-ring (bicyclic) bond motifs is 1. The van der Waals surface area contributed by atoms with Crippen molar-refractivity contribution in [3.8, 4) is 11.1 Å². The highest BCUT2D eigenvalue weighted by Gasteiger charge is 2.30. The van der Waals surface area contributed by atoms with Crippen LogP contribution < -0.4 is 0 Å². The Labute approximate surface area is 209 Å². The van der Waals surface area contributed by atoms with Crippen molar-refractivity contribution in [2.45, 2.75) is 11.8 Å². The van der Waals surface area contributed by atoms with Gasteiger partial charge in [-0.15, -0.1) is 0 Å². The Hall–Kier alpha value is -3.26. The molecule has 6 nitrogen and oxygen atoms in total. The molecule has 0 aliphatic carbocycles. The molecular weight excluding hydrogens is 482 g/mol. The first-order valence-corrected chi connectivity index (χ1v) is 13.1. The lowest BCUT2D eigenvalue weighted by Gasteiger charge is -2.34. The van der Waals surface area contributed by atoms with Gasteiger partial charge in [-0.2, -0.15) is 4.31 Å². The van der Waals surface area contributed by atoms with Gasteiger partial charge in [0.15, 0.2) is 0 Å². The van der Waals surface area contributed by atoms with Gasteiger partial charge in [0.2, 0.25) is 10.0 Å². The topological polar surface area (TPSA) is 70.6 Å². The van der Waals surface area contributed by atoms with Crippen LogP contribution in [0.1, 0.15) is 16.1 Å². The summed E-state index contributed by atoms with van der Waals surface area (Å²) in [5.41, 5.74) is 3.58. The predicted octanol–water partition coefficient (Wildman–Crippen LogP) is 5.01. The largest absolute Gasteiger partial charge is 0.336 e. The Bertz CT molecular complexity index is 1510. The Morgan fingerprint density at radius 1 is 0.829 bits per heavy atom. The van der Waals surface area contributed by atoms with Crippen LogP contribution in [-0.4, -0.2) is 54.7 Å². The van der Waals surface area contributed by atoms with E-state index in [1.54, 1.807) is 35.4 Å². The minimum absolute atomic E-state index is 0.0953. The highest BCUT2D eigenvalue weighted by Crippen LogP contribution is 2.26. The van der Waals surface area contributed by atoms with Gasteiger partial charge in [-0.05, 0) is 77.4 Å². The van der Waals surface area contributed by atoms with Gasteiger partial charge in [0.1, 0.15) is 0 Å². The summed E-state index contributed by atoms with van der Waals surface area (Å²) in [4.78, 5) is 19.2. The maximum atomic E-state index is 13.2. The average molecular weight is 506 g/mol. The summed E-state index contributed by atoms with van der Waals surface area (Å²) in [6.45, 7) is 3.12. The molecule has 0 radical (unpaired) electrons. The van der Waals surface area contributed by atoms with E-state index in [1.165, 1.54) is 4.31 Å². The smallest absolute Gasteiger partial charge is 0.253 e. The first-order chi connectivity index (χ1) is 16.8. The molecule has 2 heterocycles. The number of pyridine rings is 1. The minimum Gasteiger partial charge on any atom is -0.336 e. The molecule has 8 heteroatoms. The maximum absolute atomic E-state index is 13.2. The second-order valence-corrected chi connectivity index (χ2v) is 11.0. The van der Waals surface area contributed by atoms with Gasteiger partial charge < -0.3 is 4.90 Å². The number of carbonyl (C=O) groups excluding carboxylic acids is 1. The zero-order valence-corrected chi connectivity index (χ0v) is 20.8. The van der Waals surface area contributed by atoms with Crippen LogP contribution in [0.3, 0.4) is 0 Å². The van der Waals surface area contributed by atoms with Gasteiger partial charge in [-0.1, -0.05) is 35.9 Å². The minimum atomic E-state index is -3.66. The number of sulfonamides is 1. The molecule has 1 amide bonds. The van der Waals surface area contributed by atoms with E-state index < -0.39 is 10.0 Å². The molecule has 5 rings (SSSR count). The van der Waals surface area contributed by atoms with Crippen molar-refractivity contribution in [2.75, 3.05) is 26.2 Å². The fraction of sp³-hybridized carbons (Fsp3) is 0.185. The fourth-order valence-electron chi connectivity index (χ4n) is 4.35. The lowest BCUT2D eigenvalue weighted by molar-refractivity contribution is 0.0698. The van der Waals surface area contributed by atoms with E-state index in [9.17, 15) is 13.2 Å². The molecule has 35 heavy (non-hydrogen) atoms. The van der Waals surface area contributed by atoms with Crippen molar-refractivity contribution < 1.29 is 13.2 Å². The average Bonchev–Trinajstić information content (AvgIpc) is 2.88. The van der Waals surface area contributed by atoms with E-state index in [2.05, 4.69) is 4.98 Å². The molecule has 1 aliphatic heterocycles. The van der Waals surface area contributed by atoms with Crippen LogP contribution in [0.15, 0.2) is 83.9 Å². The Morgan fingerprint density at radius 3 is 2.23 bits per heavy atom. The molecular formula is C27H24ClN3O3S. The molecule has 0 unspecified atom stereocenters. The third-order valence-corrected chi connectivity index (χ3v) is 8.43. The van der Waals surface area contributed by atoms with E-state index in [0.29, 0.717) is 23.7 Å². The molecule has 178 valence electrons. The van der Waals surface area contributed by atoms with Crippen LogP contribution in [0, 0.1) is 6.92 Å². The summed E-state index contributed by atoms with van der Waals surface area (Å²) in [5.74, 6) is -0.0953. The number of amides is 1. The van der Waals surface area contributed by atoms with E-state index in [4.69, 9.17) is 11.6 Å². The third-order valence-electron chi connectivity index (χ3n) is 6.30. The summed E-state index contributed by atoms with van der Waals surface area (Å²) in [5, 5.41) is 2.31. The molecule has 4 aromatic rings. The molecule has 0 atom stereocenters. The summed E-state index contributed by atoms with van der Waals surface area (Å²) in [7, 11) is -3.66. The molecule has 0 saturated carbocycles. The van der Waals surface area contributed by atoms with Crippen LogP contribution in [-0.2, 0) is 10.0 Å². The predicted molar refractivity (Wildman–Crippen MR) is 138 cm³/mol. The van der Waals surface area contributed by atoms with Gasteiger partial charge >= 0.3 is 0 Å². The maximum Gasteiger partial charge on any atom is 0.253 e. The molecule has 1 aliphatic rings. The van der Waals surface area contributed by atoms with Crippen LogP contribution in [0.2, 0.25) is 5.02 Å². The van der Waals surface area contributed by atoms with E-state index in [1.807, 2.05) is 55.5 Å². The number of nitrogens with zero attached hydrogens (tertiary/aromatic N) is 3. The van der Waals surface area contributed by atoms with Crippen LogP contribution in [0.4, 0.5) is 0 Å². The first kappa shape index (κ1) is 23.5. The number of hydrogen-bond acceptors (Lipinski definition) is 4. The number of rotatable bonds is 4. The monoisotopic (exact) mass is 505 g/mol. The lowest BCUT2D eigenvalue weighted by atomic mass is 10.0. The molecule has 0 spiro atoms. The zero-order chi connectivity index (χ0) is 24.6. The zero-order valence-electron chi connectivity index (χ0n) is 19.2. The third kappa shape index (κ3) is 4.80. The fourth-order valence-corrected chi connectivity index (χ4v) is 5.99. The van der Waals surface area contributed by atoms with Gasteiger partial charge in [0.25, 0.3) is 5.91 Å². The number of halogens is 1. The summed E-state index contributed by atoms with van der Waals surface area (Å²) >= 11 is 6.03. The second-order valence-electron chi connectivity index (χ2n) is 8.61. The first-order valence-electron chi connectivity index (χ1n) is 11.3. The molecule has 1 aromatic heterocycles. The van der Waals surface area contributed by atoms with Gasteiger partial charge in [-0.25, -0.2) is 8.42 Å². The molecule has 0 bridgehead atoms. The number of hydrogen-bond donors (Lipinski definition) is 0. The van der Waals surface area contributed by atoms with Crippen molar-refractivity contribution in [2.24, 2.45) is 0 Å². The quantitative estimate of drug-likeness (QED) is 0.391. The summed E-state index contributed by atoms with van der Waals surface area (Å²) in [6, 6.07) is 21.8. The number of aryl methyl sites for hydroxylation is 1. The van der Waals surface area contributed by atoms with E-state index in [0.717, 1.165) is 27.6 Å². The lowest BCUT2D eigenvalue weighted by Crippen LogP contribution is -2.50. The van der Waals surface area contributed by atoms with Crippen molar-refractivity contribution in [3.63, 3.8) is 0 Å². The number of carbonyl (C=O) groups is 1. The van der Waals surface area contributed by atoms with Crippen molar-refractivity contribution in [3.05, 3.63) is 95.3 Å². The van der Waals surface area contributed by atoms with Crippen LogP contribution in [0.25, 0.3) is 21.9 Å². The van der Waals surface area contributed by atoms with Gasteiger partial charge in [0.05, 0.1) is 4.90 Å². The number of benzene rings is 3. The molecule has 1 fully saturated rings. The normalized spacial score (nSPS) is 14.9. The SMILES string of the molecule is Cc1cc(-c2ccc(C(=O)N3CCN(S(=O)(=O)c4ccc5cc(Cl)ccc5c4)CC3)cc2)ccn1. The summed E-state index contributed by atoms with van der Waals surface area (Å²) < 4.78 is 27.9. The van der Waals surface area contributed by atoms with Gasteiger partial charge in [-0.3, -0.25) is 9.78 Å². The van der Waals surface area contributed by atoms with E-state index in [-0.39, 0.29) is 23.9 Å². The molecule has 1 saturated heterocycles. The van der Waals surface area contributed by atoms with Crippen molar-refractivity contribution >= 4 is 38.3 Å². The second kappa shape index (κ2) is 9.41.